The Bertz CT molecular complexity index is 362. The third kappa shape index (κ3) is 4.91. The smallest absolute Gasteiger partial charge is 0.138 e. The highest BCUT2D eigenvalue weighted by Crippen LogP contribution is 2.13. The first-order chi connectivity index (χ1) is 8.95. The minimum absolute atomic E-state index is 0.0462. The summed E-state index contributed by atoms with van der Waals surface area (Å²) in [6.45, 7) is 12.2. The van der Waals surface area contributed by atoms with Crippen molar-refractivity contribution >= 4 is 0 Å². The van der Waals surface area contributed by atoms with Crippen LogP contribution in [0.5, 0.6) is 0 Å². The second-order valence-corrected chi connectivity index (χ2v) is 5.78. The Labute approximate surface area is 116 Å². The van der Waals surface area contributed by atoms with Gasteiger partial charge in [0.1, 0.15) is 12.2 Å². The van der Waals surface area contributed by atoms with Crippen LogP contribution in [0.1, 0.15) is 40.4 Å². The molecule has 0 amide bonds. The first kappa shape index (κ1) is 16.1. The summed E-state index contributed by atoms with van der Waals surface area (Å²) in [6, 6.07) is -0.0462. The zero-order valence-corrected chi connectivity index (χ0v) is 12.8. The fourth-order valence-electron chi connectivity index (χ4n) is 2.27. The number of ether oxygens (including phenoxy) is 1. The largest absolute Gasteiger partial charge is 0.377 e. The van der Waals surface area contributed by atoms with Crippen LogP contribution in [0.4, 0.5) is 0 Å². The molecule has 0 saturated heterocycles. The second kappa shape index (κ2) is 7.60. The first-order valence-corrected chi connectivity index (χ1v) is 7.19. The minimum atomic E-state index is -0.0462. The van der Waals surface area contributed by atoms with Gasteiger partial charge in [-0.05, 0) is 18.8 Å². The summed E-state index contributed by atoms with van der Waals surface area (Å²) < 4.78 is 7.70. The number of hydrogen-bond donors (Lipinski definition) is 1. The first-order valence-electron chi connectivity index (χ1n) is 7.19. The normalized spacial score (nSPS) is 15.2. The highest BCUT2D eigenvalue weighted by Gasteiger charge is 2.23. The van der Waals surface area contributed by atoms with Crippen LogP contribution in [0.25, 0.3) is 0 Å². The molecule has 0 aliphatic rings. The summed E-state index contributed by atoms with van der Waals surface area (Å²) in [4.78, 5) is 4.33. The molecule has 19 heavy (non-hydrogen) atoms. The molecule has 0 spiro atoms. The van der Waals surface area contributed by atoms with Crippen LogP contribution in [-0.4, -0.2) is 33.5 Å². The van der Waals surface area contributed by atoms with Gasteiger partial charge in [0.05, 0.1) is 6.10 Å². The lowest BCUT2D eigenvalue weighted by Crippen LogP contribution is -2.42. The van der Waals surface area contributed by atoms with Crippen LogP contribution in [0, 0.1) is 11.8 Å². The van der Waals surface area contributed by atoms with E-state index in [-0.39, 0.29) is 12.1 Å². The maximum Gasteiger partial charge on any atom is 0.138 e. The van der Waals surface area contributed by atoms with Crippen molar-refractivity contribution in [1.82, 2.24) is 14.8 Å². The number of hydrogen-bond acceptors (Lipinski definition) is 4. The van der Waals surface area contributed by atoms with Gasteiger partial charge in [0.2, 0.25) is 0 Å². The molecule has 0 bridgehead atoms. The van der Waals surface area contributed by atoms with Gasteiger partial charge in [-0.1, -0.05) is 27.7 Å². The summed E-state index contributed by atoms with van der Waals surface area (Å²) in [6.07, 6.45) is 2.37. The number of nitrogens with two attached hydrogens (primary N) is 1. The Morgan fingerprint density at radius 2 is 2.00 bits per heavy atom. The van der Waals surface area contributed by atoms with Gasteiger partial charge >= 0.3 is 0 Å². The van der Waals surface area contributed by atoms with Crippen LogP contribution in [0.3, 0.4) is 0 Å². The molecule has 2 unspecified atom stereocenters. The molecule has 0 aliphatic heterocycles. The van der Waals surface area contributed by atoms with Gasteiger partial charge in [0.15, 0.2) is 0 Å². The average molecular weight is 268 g/mol. The van der Waals surface area contributed by atoms with Gasteiger partial charge in [-0.25, -0.2) is 9.67 Å². The molecule has 5 nitrogen and oxygen atoms in total. The maximum atomic E-state index is 6.29. The highest BCUT2D eigenvalue weighted by molar-refractivity contribution is 4.92. The van der Waals surface area contributed by atoms with Crippen LogP contribution in [0.2, 0.25) is 0 Å². The SMILES string of the molecule is CCOC(C(C)C)C(N)Cc1ncnn1CC(C)C. The fourth-order valence-corrected chi connectivity index (χ4v) is 2.27. The third-order valence-corrected chi connectivity index (χ3v) is 3.09. The molecule has 1 rings (SSSR count). The zero-order valence-electron chi connectivity index (χ0n) is 12.8. The molecular weight excluding hydrogens is 240 g/mol. The van der Waals surface area contributed by atoms with Crippen molar-refractivity contribution in [3.63, 3.8) is 0 Å². The van der Waals surface area contributed by atoms with Gasteiger partial charge < -0.3 is 10.5 Å². The lowest BCUT2D eigenvalue weighted by Gasteiger charge is -2.27. The lowest BCUT2D eigenvalue weighted by molar-refractivity contribution is 0.0121. The van der Waals surface area contributed by atoms with E-state index >= 15 is 0 Å². The van der Waals surface area contributed by atoms with Crippen LogP contribution in [0.15, 0.2) is 6.33 Å². The van der Waals surface area contributed by atoms with Gasteiger partial charge in [-0.2, -0.15) is 5.10 Å². The van der Waals surface area contributed by atoms with E-state index < -0.39 is 0 Å². The van der Waals surface area contributed by atoms with E-state index in [2.05, 4.69) is 37.8 Å². The molecule has 0 fully saturated rings. The van der Waals surface area contributed by atoms with Crippen molar-refractivity contribution in [3.8, 4) is 0 Å². The molecule has 1 heterocycles. The van der Waals surface area contributed by atoms with Crippen molar-refractivity contribution in [1.29, 1.82) is 0 Å². The molecule has 1 aromatic heterocycles. The molecule has 0 saturated carbocycles. The third-order valence-electron chi connectivity index (χ3n) is 3.09. The Kier molecular flexibility index (Phi) is 6.45. The lowest BCUT2D eigenvalue weighted by atomic mass is 9.97. The number of aromatic nitrogens is 3. The molecule has 110 valence electrons. The highest BCUT2D eigenvalue weighted by atomic mass is 16.5. The van der Waals surface area contributed by atoms with Crippen molar-refractivity contribution in [3.05, 3.63) is 12.2 Å². The summed E-state index contributed by atoms with van der Waals surface area (Å²) in [5.41, 5.74) is 6.29. The van der Waals surface area contributed by atoms with Gasteiger partial charge in [-0.15, -0.1) is 0 Å². The molecule has 1 aromatic rings. The van der Waals surface area contributed by atoms with E-state index in [0.29, 0.717) is 24.9 Å². The summed E-state index contributed by atoms with van der Waals surface area (Å²) in [5.74, 6) is 1.90. The van der Waals surface area contributed by atoms with Crippen LogP contribution < -0.4 is 5.73 Å². The molecule has 5 heteroatoms. The van der Waals surface area contributed by atoms with Gasteiger partial charge in [0, 0.05) is 25.6 Å². The molecule has 0 aliphatic carbocycles. The van der Waals surface area contributed by atoms with Crippen molar-refractivity contribution in [2.45, 2.75) is 59.7 Å². The Balaban J connectivity index is 2.69. The molecule has 2 N–H and O–H groups in total. The Morgan fingerprint density at radius 3 is 2.53 bits per heavy atom. The van der Waals surface area contributed by atoms with E-state index in [0.717, 1.165) is 12.4 Å². The second-order valence-electron chi connectivity index (χ2n) is 5.78. The zero-order chi connectivity index (χ0) is 14.4. The van der Waals surface area contributed by atoms with Gasteiger partial charge in [-0.3, -0.25) is 0 Å². The van der Waals surface area contributed by atoms with E-state index in [9.17, 15) is 0 Å². The monoisotopic (exact) mass is 268 g/mol. The van der Waals surface area contributed by atoms with E-state index in [1.54, 1.807) is 6.33 Å². The topological polar surface area (TPSA) is 66.0 Å². The summed E-state index contributed by atoms with van der Waals surface area (Å²) in [5, 5.41) is 4.27. The number of rotatable bonds is 8. The quantitative estimate of drug-likeness (QED) is 0.781. The average Bonchev–Trinajstić information content (AvgIpc) is 2.72. The standard InChI is InChI=1S/C14H28N4O/c1-6-19-14(11(4)5)12(15)7-13-16-9-17-18(13)8-10(2)3/h9-12,14H,6-8,15H2,1-5H3. The van der Waals surface area contributed by atoms with E-state index in [4.69, 9.17) is 10.5 Å². The van der Waals surface area contributed by atoms with E-state index in [1.165, 1.54) is 0 Å². The molecule has 0 radical (unpaired) electrons. The predicted octanol–water partition coefficient (Wildman–Crippen LogP) is 1.86. The molecule has 0 aromatic carbocycles. The fraction of sp³-hybridized carbons (Fsp3) is 0.857. The summed E-state index contributed by atoms with van der Waals surface area (Å²) >= 11 is 0. The van der Waals surface area contributed by atoms with Crippen molar-refractivity contribution in [2.24, 2.45) is 17.6 Å². The molecular formula is C14H28N4O. The van der Waals surface area contributed by atoms with Crippen molar-refractivity contribution in [2.75, 3.05) is 6.61 Å². The number of nitrogens with zero attached hydrogens (tertiary/aromatic N) is 3. The minimum Gasteiger partial charge on any atom is -0.377 e. The van der Waals surface area contributed by atoms with Crippen molar-refractivity contribution < 1.29 is 4.74 Å². The van der Waals surface area contributed by atoms with Crippen LogP contribution >= 0.6 is 0 Å². The Hall–Kier alpha value is -0.940. The summed E-state index contributed by atoms with van der Waals surface area (Å²) in [7, 11) is 0. The predicted molar refractivity (Wildman–Crippen MR) is 76.8 cm³/mol. The van der Waals surface area contributed by atoms with Gasteiger partial charge in [0.25, 0.3) is 0 Å². The Morgan fingerprint density at radius 1 is 1.32 bits per heavy atom. The maximum absolute atomic E-state index is 6.29. The molecule has 2 atom stereocenters. The van der Waals surface area contributed by atoms with E-state index in [1.807, 2.05) is 11.6 Å². The van der Waals surface area contributed by atoms with Crippen LogP contribution in [-0.2, 0) is 17.7 Å².